The van der Waals surface area contributed by atoms with Gasteiger partial charge >= 0.3 is 5.97 Å². The van der Waals surface area contributed by atoms with Gasteiger partial charge in [0, 0.05) is 4.47 Å². The molecule has 0 atom stereocenters. The standard InChI is InChI=1S/C17H17Br2NO6S/c1-4-25-10-5-9(13(18)14(19)15(10)22)6-11-16(23)20(17(24)27-11)7-12(21)26-8(2)3/h5-6,8,22H,4,7H2,1-3H3/b11-6+. The lowest BCUT2D eigenvalue weighted by molar-refractivity contribution is -0.149. The van der Waals surface area contributed by atoms with E-state index < -0.39 is 23.7 Å². The molecule has 0 aromatic heterocycles. The molecule has 1 fully saturated rings. The number of hydrogen-bond acceptors (Lipinski definition) is 7. The van der Waals surface area contributed by atoms with Gasteiger partial charge in [-0.1, -0.05) is 0 Å². The van der Waals surface area contributed by atoms with E-state index in [2.05, 4.69) is 31.9 Å². The lowest BCUT2D eigenvalue weighted by atomic mass is 10.2. The number of carbonyl (C=O) groups is 3. The summed E-state index contributed by atoms with van der Waals surface area (Å²) in [6.45, 7) is 5.04. The lowest BCUT2D eigenvalue weighted by Crippen LogP contribution is -2.35. The molecule has 1 saturated heterocycles. The van der Waals surface area contributed by atoms with Gasteiger partial charge in [-0.25, -0.2) is 0 Å². The Balaban J connectivity index is 2.31. The zero-order valence-corrected chi connectivity index (χ0v) is 18.7. The van der Waals surface area contributed by atoms with Crippen molar-refractivity contribution >= 4 is 66.8 Å². The third kappa shape index (κ3) is 5.05. The maximum Gasteiger partial charge on any atom is 0.326 e. The maximum atomic E-state index is 12.5. The van der Waals surface area contributed by atoms with Crippen LogP contribution in [0.5, 0.6) is 11.5 Å². The number of phenolic OH excluding ortho intramolecular Hbond substituents is 1. The van der Waals surface area contributed by atoms with Gasteiger partial charge in [-0.3, -0.25) is 19.3 Å². The number of halogens is 2. The van der Waals surface area contributed by atoms with E-state index in [-0.39, 0.29) is 22.5 Å². The predicted octanol–water partition coefficient (Wildman–Crippen LogP) is 4.30. The Labute approximate surface area is 177 Å². The number of benzene rings is 1. The minimum atomic E-state index is -0.652. The van der Waals surface area contributed by atoms with Crippen molar-refractivity contribution in [2.75, 3.05) is 13.2 Å². The molecule has 0 saturated carbocycles. The van der Waals surface area contributed by atoms with Gasteiger partial charge in [0.15, 0.2) is 11.5 Å². The van der Waals surface area contributed by atoms with Crippen molar-refractivity contribution in [3.63, 3.8) is 0 Å². The minimum absolute atomic E-state index is 0.0783. The molecular weight excluding hydrogens is 506 g/mol. The van der Waals surface area contributed by atoms with Gasteiger partial charge in [0.25, 0.3) is 11.1 Å². The van der Waals surface area contributed by atoms with Crippen LogP contribution in [-0.2, 0) is 14.3 Å². The molecule has 1 aliphatic rings. The molecule has 1 aromatic carbocycles. The molecule has 2 amide bonds. The van der Waals surface area contributed by atoms with Crippen molar-refractivity contribution in [3.8, 4) is 11.5 Å². The number of aromatic hydroxyl groups is 1. The Hall–Kier alpha value is -1.52. The predicted molar refractivity (Wildman–Crippen MR) is 109 cm³/mol. The Morgan fingerprint density at radius 2 is 2.00 bits per heavy atom. The summed E-state index contributed by atoms with van der Waals surface area (Å²) in [5, 5.41) is 9.54. The molecule has 0 aliphatic carbocycles. The van der Waals surface area contributed by atoms with Crippen LogP contribution in [0.1, 0.15) is 26.3 Å². The average Bonchev–Trinajstić information content (AvgIpc) is 2.84. The van der Waals surface area contributed by atoms with E-state index in [4.69, 9.17) is 9.47 Å². The average molecular weight is 523 g/mol. The summed E-state index contributed by atoms with van der Waals surface area (Å²) >= 11 is 7.33. The van der Waals surface area contributed by atoms with Crippen molar-refractivity contribution < 1.29 is 29.0 Å². The van der Waals surface area contributed by atoms with Crippen LogP contribution in [0.4, 0.5) is 4.79 Å². The summed E-state index contributed by atoms with van der Waals surface area (Å²) in [4.78, 5) is 37.4. The summed E-state index contributed by atoms with van der Waals surface area (Å²) in [5.41, 5.74) is 0.526. The first kappa shape index (κ1) is 21.8. The van der Waals surface area contributed by atoms with Crippen molar-refractivity contribution in [2.24, 2.45) is 0 Å². The number of nitrogens with zero attached hydrogens (tertiary/aromatic N) is 1. The zero-order valence-electron chi connectivity index (χ0n) is 14.7. The molecule has 1 aromatic rings. The van der Waals surface area contributed by atoms with E-state index in [9.17, 15) is 19.5 Å². The highest BCUT2D eigenvalue weighted by molar-refractivity contribution is 9.13. The third-order valence-corrected chi connectivity index (χ3v) is 6.35. The molecule has 10 heteroatoms. The first-order valence-corrected chi connectivity index (χ1v) is 10.3. The molecule has 0 spiro atoms. The second-order valence-corrected chi connectivity index (χ2v) is 8.26. The van der Waals surface area contributed by atoms with Crippen LogP contribution in [0.3, 0.4) is 0 Å². The Morgan fingerprint density at radius 3 is 2.59 bits per heavy atom. The summed E-state index contributed by atoms with van der Waals surface area (Å²) < 4.78 is 11.2. The fraction of sp³-hybridized carbons (Fsp3) is 0.353. The highest BCUT2D eigenvalue weighted by Crippen LogP contribution is 2.43. The van der Waals surface area contributed by atoms with E-state index in [1.807, 2.05) is 0 Å². The molecular formula is C17H17Br2NO6S. The van der Waals surface area contributed by atoms with Crippen LogP contribution in [-0.4, -0.2) is 46.4 Å². The van der Waals surface area contributed by atoms with Gasteiger partial charge in [-0.15, -0.1) is 0 Å². The highest BCUT2D eigenvalue weighted by Gasteiger charge is 2.37. The smallest absolute Gasteiger partial charge is 0.326 e. The number of ether oxygens (including phenoxy) is 2. The number of esters is 1. The van der Waals surface area contributed by atoms with Crippen LogP contribution >= 0.6 is 43.6 Å². The molecule has 0 bridgehead atoms. The lowest BCUT2D eigenvalue weighted by Gasteiger charge is -2.13. The SMILES string of the molecule is CCOc1cc(/C=C2/SC(=O)N(CC(=O)OC(C)C)C2=O)c(Br)c(Br)c1O. The first-order valence-electron chi connectivity index (χ1n) is 7.94. The van der Waals surface area contributed by atoms with Gasteiger partial charge in [0.1, 0.15) is 6.54 Å². The quantitative estimate of drug-likeness (QED) is 0.439. The molecule has 0 radical (unpaired) electrons. The second kappa shape index (κ2) is 9.11. The number of phenols is 1. The second-order valence-electron chi connectivity index (χ2n) is 5.68. The molecule has 1 aliphatic heterocycles. The largest absolute Gasteiger partial charge is 0.503 e. The minimum Gasteiger partial charge on any atom is -0.503 e. The fourth-order valence-electron chi connectivity index (χ4n) is 2.19. The van der Waals surface area contributed by atoms with Crippen LogP contribution in [0.25, 0.3) is 6.08 Å². The van der Waals surface area contributed by atoms with E-state index in [1.165, 1.54) is 6.08 Å². The molecule has 27 heavy (non-hydrogen) atoms. The van der Waals surface area contributed by atoms with Gasteiger partial charge in [0.05, 0.1) is 22.1 Å². The van der Waals surface area contributed by atoms with E-state index in [0.29, 0.717) is 21.1 Å². The number of carbonyl (C=O) groups excluding carboxylic acids is 3. The Kier molecular flexibility index (Phi) is 7.35. The van der Waals surface area contributed by atoms with Crippen molar-refractivity contribution in [3.05, 3.63) is 25.5 Å². The van der Waals surface area contributed by atoms with Crippen LogP contribution < -0.4 is 4.74 Å². The topological polar surface area (TPSA) is 93.1 Å². The fourth-order valence-corrected chi connectivity index (χ4v) is 3.86. The summed E-state index contributed by atoms with van der Waals surface area (Å²) in [5.74, 6) is -1.08. The van der Waals surface area contributed by atoms with Crippen LogP contribution in [0.15, 0.2) is 19.9 Å². The van der Waals surface area contributed by atoms with Crippen molar-refractivity contribution in [1.29, 1.82) is 0 Å². The van der Waals surface area contributed by atoms with Crippen molar-refractivity contribution in [2.45, 2.75) is 26.9 Å². The van der Waals surface area contributed by atoms with Gasteiger partial charge in [-0.05, 0) is 82.1 Å². The number of imide groups is 1. The molecule has 7 nitrogen and oxygen atoms in total. The number of hydrogen-bond donors (Lipinski definition) is 1. The van der Waals surface area contributed by atoms with Crippen molar-refractivity contribution in [1.82, 2.24) is 4.90 Å². The van der Waals surface area contributed by atoms with E-state index in [0.717, 1.165) is 16.7 Å². The maximum absolute atomic E-state index is 12.5. The van der Waals surface area contributed by atoms with Crippen LogP contribution in [0, 0.1) is 0 Å². The monoisotopic (exact) mass is 521 g/mol. The highest BCUT2D eigenvalue weighted by atomic mass is 79.9. The molecule has 1 N–H and O–H groups in total. The zero-order chi connectivity index (χ0) is 20.3. The number of amides is 2. The third-order valence-electron chi connectivity index (χ3n) is 3.29. The van der Waals surface area contributed by atoms with E-state index in [1.54, 1.807) is 26.8 Å². The molecule has 2 rings (SSSR count). The molecule has 0 unspecified atom stereocenters. The molecule has 146 valence electrons. The Morgan fingerprint density at radius 1 is 1.33 bits per heavy atom. The summed E-state index contributed by atoms with van der Waals surface area (Å²) in [6, 6.07) is 1.55. The van der Waals surface area contributed by atoms with Gasteiger partial charge in [-0.2, -0.15) is 0 Å². The number of thioether (sulfide) groups is 1. The van der Waals surface area contributed by atoms with E-state index >= 15 is 0 Å². The van der Waals surface area contributed by atoms with Gasteiger partial charge < -0.3 is 14.6 Å². The summed E-state index contributed by atoms with van der Waals surface area (Å²) in [7, 11) is 0. The normalized spacial score (nSPS) is 15.8. The number of rotatable bonds is 6. The summed E-state index contributed by atoms with van der Waals surface area (Å²) in [6.07, 6.45) is 1.16. The van der Waals surface area contributed by atoms with Crippen LogP contribution in [0.2, 0.25) is 0 Å². The first-order chi connectivity index (χ1) is 12.6. The molecule has 1 heterocycles. The Bertz CT molecular complexity index is 824. The van der Waals surface area contributed by atoms with Gasteiger partial charge in [0.2, 0.25) is 0 Å².